The van der Waals surface area contributed by atoms with Crippen molar-refractivity contribution in [3.63, 3.8) is 0 Å². The smallest absolute Gasteiger partial charge is 0.143 e. The highest BCUT2D eigenvalue weighted by molar-refractivity contribution is 5.59. The molecule has 0 saturated heterocycles. The van der Waals surface area contributed by atoms with Crippen molar-refractivity contribution in [1.29, 1.82) is 5.26 Å². The van der Waals surface area contributed by atoms with Crippen LogP contribution in [0.1, 0.15) is 11.3 Å². The molecule has 0 atom stereocenters. The standard InChI is InChI=1S/C13H12N4O/c1-18-13-6-10(7-14)2-3-12(13)17-9-11-8-15-4-5-16-11/h2-6,8,17H,9H2,1H3. The maximum absolute atomic E-state index is 8.81. The lowest BCUT2D eigenvalue weighted by molar-refractivity contribution is 0.416. The van der Waals surface area contributed by atoms with Gasteiger partial charge in [-0.15, -0.1) is 0 Å². The number of aromatic nitrogens is 2. The summed E-state index contributed by atoms with van der Waals surface area (Å²) in [6, 6.07) is 7.32. The second-order valence-corrected chi connectivity index (χ2v) is 3.58. The second-order valence-electron chi connectivity index (χ2n) is 3.58. The fraction of sp³-hybridized carbons (Fsp3) is 0.154. The Morgan fingerprint density at radius 2 is 2.28 bits per heavy atom. The molecule has 0 unspecified atom stereocenters. The molecule has 2 rings (SSSR count). The number of nitriles is 1. The minimum Gasteiger partial charge on any atom is -0.495 e. The summed E-state index contributed by atoms with van der Waals surface area (Å²) in [6.07, 6.45) is 4.97. The van der Waals surface area contributed by atoms with Crippen LogP contribution in [0.5, 0.6) is 5.75 Å². The number of hydrogen-bond acceptors (Lipinski definition) is 5. The van der Waals surface area contributed by atoms with E-state index in [1.54, 1.807) is 37.8 Å². The van der Waals surface area contributed by atoms with Gasteiger partial charge < -0.3 is 10.1 Å². The van der Waals surface area contributed by atoms with Gasteiger partial charge in [-0.1, -0.05) is 0 Å². The molecule has 0 spiro atoms. The van der Waals surface area contributed by atoms with E-state index in [1.807, 2.05) is 6.07 Å². The van der Waals surface area contributed by atoms with Crippen LogP contribution in [0.2, 0.25) is 0 Å². The fourth-order valence-corrected chi connectivity index (χ4v) is 1.51. The number of nitrogens with one attached hydrogen (secondary N) is 1. The predicted molar refractivity (Wildman–Crippen MR) is 67.1 cm³/mol. The van der Waals surface area contributed by atoms with E-state index in [0.717, 1.165) is 11.4 Å². The van der Waals surface area contributed by atoms with E-state index >= 15 is 0 Å². The molecule has 18 heavy (non-hydrogen) atoms. The molecular formula is C13H12N4O. The van der Waals surface area contributed by atoms with Crippen molar-refractivity contribution >= 4 is 5.69 Å². The molecule has 0 aliphatic carbocycles. The lowest BCUT2D eigenvalue weighted by Gasteiger charge is -2.10. The van der Waals surface area contributed by atoms with Gasteiger partial charge in [0, 0.05) is 18.5 Å². The van der Waals surface area contributed by atoms with Crippen LogP contribution >= 0.6 is 0 Å². The minimum atomic E-state index is 0.552. The maximum Gasteiger partial charge on any atom is 0.143 e. The quantitative estimate of drug-likeness (QED) is 0.884. The van der Waals surface area contributed by atoms with Crippen molar-refractivity contribution in [2.75, 3.05) is 12.4 Å². The normalized spacial score (nSPS) is 9.56. The molecule has 0 bridgehead atoms. The Labute approximate surface area is 105 Å². The summed E-state index contributed by atoms with van der Waals surface area (Å²) in [7, 11) is 1.57. The van der Waals surface area contributed by atoms with Crippen LogP contribution in [0.25, 0.3) is 0 Å². The van der Waals surface area contributed by atoms with Gasteiger partial charge in [0.05, 0.1) is 42.9 Å². The van der Waals surface area contributed by atoms with Gasteiger partial charge in [-0.3, -0.25) is 9.97 Å². The number of benzene rings is 1. The lowest BCUT2D eigenvalue weighted by atomic mass is 10.2. The summed E-state index contributed by atoms with van der Waals surface area (Å²) in [5, 5.41) is 12.0. The molecular weight excluding hydrogens is 228 g/mol. The van der Waals surface area contributed by atoms with Gasteiger partial charge in [0.15, 0.2) is 0 Å². The summed E-state index contributed by atoms with van der Waals surface area (Å²) >= 11 is 0. The van der Waals surface area contributed by atoms with Gasteiger partial charge in [-0.25, -0.2) is 0 Å². The fourth-order valence-electron chi connectivity index (χ4n) is 1.51. The number of nitrogens with zero attached hydrogens (tertiary/aromatic N) is 3. The molecule has 1 aromatic heterocycles. The van der Waals surface area contributed by atoms with Crippen molar-refractivity contribution in [2.45, 2.75) is 6.54 Å². The zero-order valence-electron chi connectivity index (χ0n) is 9.92. The van der Waals surface area contributed by atoms with Crippen molar-refractivity contribution < 1.29 is 4.74 Å². The van der Waals surface area contributed by atoms with Gasteiger partial charge in [-0.05, 0) is 12.1 Å². The number of rotatable bonds is 4. The van der Waals surface area contributed by atoms with Crippen molar-refractivity contribution in [2.24, 2.45) is 0 Å². The molecule has 0 radical (unpaired) electrons. The van der Waals surface area contributed by atoms with Crippen LogP contribution in [0.4, 0.5) is 5.69 Å². The third-order valence-corrected chi connectivity index (χ3v) is 2.41. The van der Waals surface area contributed by atoms with Gasteiger partial charge >= 0.3 is 0 Å². The molecule has 90 valence electrons. The zero-order chi connectivity index (χ0) is 12.8. The van der Waals surface area contributed by atoms with Crippen LogP contribution in [0.15, 0.2) is 36.8 Å². The number of ether oxygens (including phenoxy) is 1. The SMILES string of the molecule is COc1cc(C#N)ccc1NCc1cnccn1. The number of anilines is 1. The Morgan fingerprint density at radius 3 is 2.94 bits per heavy atom. The summed E-state index contributed by atoms with van der Waals surface area (Å²) in [4.78, 5) is 8.15. The molecule has 1 heterocycles. The molecule has 0 aliphatic heterocycles. The van der Waals surface area contributed by atoms with E-state index in [-0.39, 0.29) is 0 Å². The zero-order valence-corrected chi connectivity index (χ0v) is 9.92. The van der Waals surface area contributed by atoms with E-state index in [4.69, 9.17) is 10.00 Å². The third-order valence-electron chi connectivity index (χ3n) is 2.41. The summed E-state index contributed by atoms with van der Waals surface area (Å²) in [6.45, 7) is 0.552. The van der Waals surface area contributed by atoms with E-state index in [2.05, 4.69) is 21.4 Å². The van der Waals surface area contributed by atoms with Crippen LogP contribution in [-0.4, -0.2) is 17.1 Å². The molecule has 0 fully saturated rings. The first kappa shape index (κ1) is 11.9. The lowest BCUT2D eigenvalue weighted by Crippen LogP contribution is -2.03. The van der Waals surface area contributed by atoms with E-state index in [9.17, 15) is 0 Å². The molecule has 0 aliphatic rings. The average molecular weight is 240 g/mol. The highest BCUT2D eigenvalue weighted by atomic mass is 16.5. The Kier molecular flexibility index (Phi) is 3.72. The second kappa shape index (κ2) is 5.64. The van der Waals surface area contributed by atoms with Crippen LogP contribution in [-0.2, 0) is 6.54 Å². The van der Waals surface area contributed by atoms with Gasteiger partial charge in [0.1, 0.15) is 5.75 Å². The van der Waals surface area contributed by atoms with Gasteiger partial charge in [0.2, 0.25) is 0 Å². The first-order valence-corrected chi connectivity index (χ1v) is 5.40. The highest BCUT2D eigenvalue weighted by Crippen LogP contribution is 2.25. The molecule has 1 N–H and O–H groups in total. The highest BCUT2D eigenvalue weighted by Gasteiger charge is 2.04. The molecule has 5 heteroatoms. The van der Waals surface area contributed by atoms with Gasteiger partial charge in [0.25, 0.3) is 0 Å². The largest absolute Gasteiger partial charge is 0.495 e. The number of methoxy groups -OCH3 is 1. The van der Waals surface area contributed by atoms with Crippen molar-refractivity contribution in [1.82, 2.24) is 9.97 Å². The Hall–Kier alpha value is -2.61. The first-order chi connectivity index (χ1) is 8.83. The Morgan fingerprint density at radius 1 is 1.39 bits per heavy atom. The van der Waals surface area contributed by atoms with Gasteiger partial charge in [-0.2, -0.15) is 5.26 Å². The topological polar surface area (TPSA) is 70.8 Å². The Bertz CT molecular complexity index is 563. The average Bonchev–Trinajstić information content (AvgIpc) is 2.46. The van der Waals surface area contributed by atoms with E-state index < -0.39 is 0 Å². The summed E-state index contributed by atoms with van der Waals surface area (Å²) in [5.74, 6) is 0.637. The van der Waals surface area contributed by atoms with Crippen molar-refractivity contribution in [3.05, 3.63) is 48.0 Å². The van der Waals surface area contributed by atoms with Crippen LogP contribution in [0.3, 0.4) is 0 Å². The third kappa shape index (κ3) is 2.74. The van der Waals surface area contributed by atoms with E-state index in [0.29, 0.717) is 17.9 Å². The first-order valence-electron chi connectivity index (χ1n) is 5.40. The summed E-state index contributed by atoms with van der Waals surface area (Å²) in [5.41, 5.74) is 2.22. The van der Waals surface area contributed by atoms with E-state index in [1.165, 1.54) is 0 Å². The monoisotopic (exact) mass is 240 g/mol. The molecule has 0 amide bonds. The van der Waals surface area contributed by atoms with Crippen LogP contribution < -0.4 is 10.1 Å². The number of hydrogen-bond donors (Lipinski definition) is 1. The van der Waals surface area contributed by atoms with Crippen molar-refractivity contribution in [3.8, 4) is 11.8 Å². The van der Waals surface area contributed by atoms with Crippen LogP contribution in [0, 0.1) is 11.3 Å². The Balaban J connectivity index is 2.12. The molecule has 0 saturated carbocycles. The molecule has 2 aromatic rings. The predicted octanol–water partition coefficient (Wildman–Crippen LogP) is 1.97. The summed E-state index contributed by atoms with van der Waals surface area (Å²) < 4.78 is 5.23. The maximum atomic E-state index is 8.81. The minimum absolute atomic E-state index is 0.552. The molecule has 1 aromatic carbocycles. The molecule has 5 nitrogen and oxygen atoms in total.